The van der Waals surface area contributed by atoms with Gasteiger partial charge in [0.25, 0.3) is 0 Å². The zero-order chi connectivity index (χ0) is 17.4. The van der Waals surface area contributed by atoms with E-state index >= 15 is 0 Å². The van der Waals surface area contributed by atoms with Gasteiger partial charge in [0, 0.05) is 19.1 Å². The second-order valence-corrected chi connectivity index (χ2v) is 6.28. The molecule has 3 heterocycles. The Kier molecular flexibility index (Phi) is 4.10. The van der Waals surface area contributed by atoms with Crippen LogP contribution in [0.15, 0.2) is 36.7 Å². The van der Waals surface area contributed by atoms with E-state index in [1.165, 1.54) is 12.4 Å². The van der Waals surface area contributed by atoms with Crippen LogP contribution in [-0.4, -0.2) is 41.1 Å². The van der Waals surface area contributed by atoms with Crippen molar-refractivity contribution in [1.82, 2.24) is 20.3 Å². The average molecular weight is 359 g/mol. The van der Waals surface area contributed by atoms with Crippen LogP contribution in [0.5, 0.6) is 0 Å². The standard InChI is InChI=1S/C17H16ClFN6/c1-20-10-7-25(8-10)14-6-5-13-16(24-14)17(22-9-21-13)23-12-4-2-3-11(18)15(12)19/h2-6,9-10,20H,7-8H2,1H3,(H,21,22,23). The number of aromatic nitrogens is 3. The molecule has 0 unspecified atom stereocenters. The predicted octanol–water partition coefficient (Wildman–Crippen LogP) is 2.97. The summed E-state index contributed by atoms with van der Waals surface area (Å²) in [5, 5.41) is 6.26. The summed E-state index contributed by atoms with van der Waals surface area (Å²) in [4.78, 5) is 15.3. The smallest absolute Gasteiger partial charge is 0.165 e. The summed E-state index contributed by atoms with van der Waals surface area (Å²) in [5.41, 5.74) is 1.53. The average Bonchev–Trinajstić information content (AvgIpc) is 2.58. The molecule has 25 heavy (non-hydrogen) atoms. The molecule has 128 valence electrons. The Morgan fingerprint density at radius 3 is 2.84 bits per heavy atom. The number of benzene rings is 1. The maximum atomic E-state index is 14.2. The van der Waals surface area contributed by atoms with Gasteiger partial charge in [0.2, 0.25) is 0 Å². The zero-order valence-corrected chi connectivity index (χ0v) is 14.3. The number of nitrogens with one attached hydrogen (secondary N) is 2. The number of anilines is 3. The van der Waals surface area contributed by atoms with Gasteiger partial charge in [0.05, 0.1) is 16.2 Å². The van der Waals surface area contributed by atoms with E-state index < -0.39 is 5.82 Å². The van der Waals surface area contributed by atoms with E-state index in [9.17, 15) is 4.39 Å². The van der Waals surface area contributed by atoms with Crippen molar-refractivity contribution in [2.24, 2.45) is 0 Å². The van der Waals surface area contributed by atoms with Gasteiger partial charge in [-0.2, -0.15) is 0 Å². The molecule has 0 radical (unpaired) electrons. The Labute approximate surface area is 149 Å². The fourth-order valence-electron chi connectivity index (χ4n) is 2.77. The summed E-state index contributed by atoms with van der Waals surface area (Å²) in [6.45, 7) is 1.79. The lowest BCUT2D eigenvalue weighted by atomic mass is 10.1. The number of fused-ring (bicyclic) bond motifs is 1. The van der Waals surface area contributed by atoms with Gasteiger partial charge in [-0.3, -0.25) is 0 Å². The number of hydrogen-bond donors (Lipinski definition) is 2. The summed E-state index contributed by atoms with van der Waals surface area (Å²) >= 11 is 5.84. The fraction of sp³-hybridized carbons (Fsp3) is 0.235. The minimum atomic E-state index is -0.522. The normalized spacial score (nSPS) is 14.6. The Balaban J connectivity index is 1.70. The molecule has 1 aliphatic heterocycles. The van der Waals surface area contributed by atoms with Crippen molar-refractivity contribution in [3.05, 3.63) is 47.5 Å². The summed E-state index contributed by atoms with van der Waals surface area (Å²) in [6.07, 6.45) is 1.43. The van der Waals surface area contributed by atoms with Gasteiger partial charge in [0.15, 0.2) is 11.6 Å². The fourth-order valence-corrected chi connectivity index (χ4v) is 2.95. The molecule has 1 saturated heterocycles. The van der Waals surface area contributed by atoms with Crippen molar-refractivity contribution in [3.63, 3.8) is 0 Å². The Bertz CT molecular complexity index is 928. The van der Waals surface area contributed by atoms with Crippen molar-refractivity contribution in [1.29, 1.82) is 0 Å². The van der Waals surface area contributed by atoms with Crippen LogP contribution in [0, 0.1) is 5.82 Å². The van der Waals surface area contributed by atoms with Crippen LogP contribution in [0.1, 0.15) is 0 Å². The summed E-state index contributed by atoms with van der Waals surface area (Å²) < 4.78 is 14.2. The third kappa shape index (κ3) is 2.96. The second-order valence-electron chi connectivity index (χ2n) is 5.88. The number of rotatable bonds is 4. The van der Waals surface area contributed by atoms with Crippen molar-refractivity contribution in [2.75, 3.05) is 30.4 Å². The summed E-state index contributed by atoms with van der Waals surface area (Å²) in [5.74, 6) is 0.772. The molecule has 0 bridgehead atoms. The molecule has 1 aliphatic rings. The van der Waals surface area contributed by atoms with Crippen molar-refractivity contribution >= 4 is 40.0 Å². The first-order valence-electron chi connectivity index (χ1n) is 7.90. The van der Waals surface area contributed by atoms with E-state index in [4.69, 9.17) is 11.6 Å². The third-order valence-electron chi connectivity index (χ3n) is 4.29. The lowest BCUT2D eigenvalue weighted by Gasteiger charge is -2.40. The Hall–Kier alpha value is -2.51. The molecule has 0 amide bonds. The highest BCUT2D eigenvalue weighted by Gasteiger charge is 2.26. The molecule has 0 spiro atoms. The number of likely N-dealkylation sites (N-methyl/N-ethyl adjacent to an activating group) is 1. The summed E-state index contributed by atoms with van der Waals surface area (Å²) in [7, 11) is 1.95. The molecule has 0 saturated carbocycles. The highest BCUT2D eigenvalue weighted by atomic mass is 35.5. The van der Waals surface area contributed by atoms with E-state index in [1.807, 2.05) is 19.2 Å². The molecule has 1 fully saturated rings. The minimum Gasteiger partial charge on any atom is -0.353 e. The van der Waals surface area contributed by atoms with Gasteiger partial charge in [-0.25, -0.2) is 19.3 Å². The minimum absolute atomic E-state index is 0.0516. The van der Waals surface area contributed by atoms with E-state index in [2.05, 4.69) is 30.5 Å². The van der Waals surface area contributed by atoms with E-state index in [0.717, 1.165) is 18.9 Å². The zero-order valence-electron chi connectivity index (χ0n) is 13.5. The van der Waals surface area contributed by atoms with Crippen molar-refractivity contribution in [3.8, 4) is 0 Å². The van der Waals surface area contributed by atoms with Crippen LogP contribution in [0.3, 0.4) is 0 Å². The van der Waals surface area contributed by atoms with Gasteiger partial charge in [-0.1, -0.05) is 17.7 Å². The number of halogens is 2. The monoisotopic (exact) mass is 358 g/mol. The predicted molar refractivity (Wildman–Crippen MR) is 97.1 cm³/mol. The molecule has 0 atom stereocenters. The summed E-state index contributed by atoms with van der Waals surface area (Å²) in [6, 6.07) is 9.08. The lowest BCUT2D eigenvalue weighted by molar-refractivity contribution is 0.447. The molecule has 2 N–H and O–H groups in total. The second kappa shape index (κ2) is 6.42. The highest BCUT2D eigenvalue weighted by molar-refractivity contribution is 6.31. The van der Waals surface area contributed by atoms with Crippen LogP contribution in [0.4, 0.5) is 21.7 Å². The largest absolute Gasteiger partial charge is 0.353 e. The van der Waals surface area contributed by atoms with Gasteiger partial charge in [0.1, 0.15) is 17.7 Å². The quantitative estimate of drug-likeness (QED) is 0.747. The van der Waals surface area contributed by atoms with Gasteiger partial charge < -0.3 is 15.5 Å². The maximum Gasteiger partial charge on any atom is 0.165 e. The van der Waals surface area contributed by atoms with Gasteiger partial charge in [-0.15, -0.1) is 0 Å². The molecule has 8 heteroatoms. The Morgan fingerprint density at radius 1 is 1.20 bits per heavy atom. The first-order valence-corrected chi connectivity index (χ1v) is 8.28. The van der Waals surface area contributed by atoms with E-state index in [1.54, 1.807) is 12.1 Å². The first kappa shape index (κ1) is 16.0. The molecule has 1 aromatic carbocycles. The molecule has 0 aliphatic carbocycles. The SMILES string of the molecule is CNC1CN(c2ccc3ncnc(Nc4cccc(Cl)c4F)c3n2)C1. The first-order chi connectivity index (χ1) is 12.2. The number of nitrogens with zero attached hydrogens (tertiary/aromatic N) is 4. The third-order valence-corrected chi connectivity index (χ3v) is 4.58. The molecule has 2 aromatic heterocycles. The molecular formula is C17H16ClFN6. The Morgan fingerprint density at radius 2 is 2.04 bits per heavy atom. The van der Waals surface area contributed by atoms with Gasteiger partial charge in [-0.05, 0) is 31.3 Å². The van der Waals surface area contributed by atoms with Crippen LogP contribution in [0.2, 0.25) is 5.02 Å². The van der Waals surface area contributed by atoms with E-state index in [0.29, 0.717) is 22.9 Å². The van der Waals surface area contributed by atoms with Crippen molar-refractivity contribution < 1.29 is 4.39 Å². The van der Waals surface area contributed by atoms with Crippen LogP contribution >= 0.6 is 11.6 Å². The molecule has 6 nitrogen and oxygen atoms in total. The van der Waals surface area contributed by atoms with Crippen LogP contribution < -0.4 is 15.5 Å². The molecule has 3 aromatic rings. The number of pyridine rings is 1. The topological polar surface area (TPSA) is 66.0 Å². The molecule has 4 rings (SSSR count). The highest BCUT2D eigenvalue weighted by Crippen LogP contribution is 2.28. The van der Waals surface area contributed by atoms with Crippen molar-refractivity contribution in [2.45, 2.75) is 6.04 Å². The number of hydrogen-bond acceptors (Lipinski definition) is 6. The van der Waals surface area contributed by atoms with Crippen LogP contribution in [-0.2, 0) is 0 Å². The maximum absolute atomic E-state index is 14.2. The molecular weight excluding hydrogens is 343 g/mol. The van der Waals surface area contributed by atoms with Gasteiger partial charge >= 0.3 is 0 Å². The van der Waals surface area contributed by atoms with Crippen LogP contribution in [0.25, 0.3) is 11.0 Å². The van der Waals surface area contributed by atoms with E-state index in [-0.39, 0.29) is 10.7 Å². The lowest BCUT2D eigenvalue weighted by Crippen LogP contribution is -2.57.